The zero-order valence-corrected chi connectivity index (χ0v) is 21.8. The van der Waals surface area contributed by atoms with Crippen LogP contribution in [0.25, 0.3) is 26.9 Å². The van der Waals surface area contributed by atoms with Gasteiger partial charge in [-0.2, -0.15) is 0 Å². The summed E-state index contributed by atoms with van der Waals surface area (Å²) in [6.45, 7) is 4.43. The number of aromatic nitrogens is 7. The van der Waals surface area contributed by atoms with Gasteiger partial charge in [0.2, 0.25) is 0 Å². The van der Waals surface area contributed by atoms with Gasteiger partial charge in [0, 0.05) is 4.88 Å². The number of imidazole rings is 1. The highest BCUT2D eigenvalue weighted by atomic mass is 35.5. The van der Waals surface area contributed by atoms with Gasteiger partial charge in [0.05, 0.1) is 45.8 Å². The Bertz CT molecular complexity index is 1800. The van der Waals surface area contributed by atoms with Crippen molar-refractivity contribution in [2.45, 2.75) is 31.3 Å². The van der Waals surface area contributed by atoms with E-state index < -0.39 is 0 Å². The number of benzene rings is 2. The van der Waals surface area contributed by atoms with E-state index in [4.69, 9.17) is 16.6 Å². The number of H-pyrrole nitrogens is 1. The van der Waals surface area contributed by atoms with Crippen molar-refractivity contribution in [3.8, 4) is 5.69 Å². The molecule has 0 unspecified atom stereocenters. The first kappa shape index (κ1) is 23.0. The van der Waals surface area contributed by atoms with Crippen LogP contribution >= 0.6 is 34.7 Å². The minimum atomic E-state index is -0.113. The first-order valence-corrected chi connectivity index (χ1v) is 13.4. The van der Waals surface area contributed by atoms with Crippen LogP contribution in [0, 0.1) is 13.8 Å². The van der Waals surface area contributed by atoms with Crippen LogP contribution in [0.5, 0.6) is 0 Å². The van der Waals surface area contributed by atoms with Crippen molar-refractivity contribution in [2.75, 3.05) is 0 Å². The summed E-state index contributed by atoms with van der Waals surface area (Å²) >= 11 is 9.58. The average Bonchev–Trinajstić information content (AvgIpc) is 3.54. The lowest BCUT2D eigenvalue weighted by Crippen LogP contribution is -2.11. The molecule has 0 aliphatic rings. The molecule has 2 aromatic carbocycles. The Balaban J connectivity index is 1.37. The Labute approximate surface area is 219 Å². The second-order valence-electron chi connectivity index (χ2n) is 8.31. The van der Waals surface area contributed by atoms with Gasteiger partial charge in [-0.05, 0) is 43.7 Å². The number of thiophene rings is 1. The van der Waals surface area contributed by atoms with E-state index >= 15 is 0 Å². The predicted molar refractivity (Wildman–Crippen MR) is 144 cm³/mol. The molecule has 0 bridgehead atoms. The first-order valence-electron chi connectivity index (χ1n) is 11.2. The van der Waals surface area contributed by atoms with Gasteiger partial charge >= 0.3 is 0 Å². The number of thioether (sulfide) groups is 1. The highest BCUT2D eigenvalue weighted by Crippen LogP contribution is 2.30. The predicted octanol–water partition coefficient (Wildman–Crippen LogP) is 5.53. The largest absolute Gasteiger partial charge is 0.323 e. The Morgan fingerprint density at radius 3 is 2.75 bits per heavy atom. The van der Waals surface area contributed by atoms with Gasteiger partial charge in [0.1, 0.15) is 10.7 Å². The van der Waals surface area contributed by atoms with Crippen LogP contribution < -0.4 is 5.56 Å². The van der Waals surface area contributed by atoms with Crippen molar-refractivity contribution in [3.05, 3.63) is 92.3 Å². The maximum atomic E-state index is 12.7. The Hall–Kier alpha value is -3.47. The summed E-state index contributed by atoms with van der Waals surface area (Å²) in [5, 5.41) is 10.9. The highest BCUT2D eigenvalue weighted by Gasteiger charge is 2.19. The van der Waals surface area contributed by atoms with Crippen LogP contribution in [0.3, 0.4) is 0 Å². The molecule has 0 aliphatic heterocycles. The summed E-state index contributed by atoms with van der Waals surface area (Å²) in [4.78, 5) is 26.7. The van der Waals surface area contributed by atoms with Gasteiger partial charge in [0.15, 0.2) is 11.0 Å². The molecule has 0 spiro atoms. The lowest BCUT2D eigenvalue weighted by Gasteiger charge is -2.12. The third kappa shape index (κ3) is 4.01. The Morgan fingerprint density at radius 2 is 1.89 bits per heavy atom. The number of fused-ring (bicyclic) bond motifs is 2. The fourth-order valence-electron chi connectivity index (χ4n) is 4.16. The molecule has 0 aliphatic carbocycles. The van der Waals surface area contributed by atoms with E-state index in [1.165, 1.54) is 23.1 Å². The van der Waals surface area contributed by atoms with Crippen LogP contribution in [-0.4, -0.2) is 34.3 Å². The van der Waals surface area contributed by atoms with Crippen molar-refractivity contribution in [1.29, 1.82) is 0 Å². The summed E-state index contributed by atoms with van der Waals surface area (Å²) in [7, 11) is 0. The second-order valence-corrected chi connectivity index (χ2v) is 10.9. The molecule has 4 heterocycles. The summed E-state index contributed by atoms with van der Waals surface area (Å²) in [6.07, 6.45) is 1.80. The molecule has 0 fully saturated rings. The second kappa shape index (κ2) is 9.20. The van der Waals surface area contributed by atoms with E-state index in [0.29, 0.717) is 33.7 Å². The van der Waals surface area contributed by atoms with E-state index in [1.54, 1.807) is 6.33 Å². The van der Waals surface area contributed by atoms with Gasteiger partial charge in [-0.15, -0.1) is 21.5 Å². The number of rotatable bonds is 6. The minimum Gasteiger partial charge on any atom is -0.323 e. The molecule has 36 heavy (non-hydrogen) atoms. The molecule has 6 aromatic rings. The molecule has 6 rings (SSSR count). The van der Waals surface area contributed by atoms with Gasteiger partial charge in [-0.3, -0.25) is 9.36 Å². The molecule has 0 atom stereocenters. The maximum Gasteiger partial charge on any atom is 0.259 e. The van der Waals surface area contributed by atoms with Crippen LogP contribution in [-0.2, 0) is 12.3 Å². The van der Waals surface area contributed by atoms with Crippen molar-refractivity contribution in [3.63, 3.8) is 0 Å². The third-order valence-electron chi connectivity index (χ3n) is 6.06. The molecule has 180 valence electrons. The minimum absolute atomic E-state index is 0.113. The number of halogens is 1. The molecule has 8 nitrogen and oxygen atoms in total. The smallest absolute Gasteiger partial charge is 0.259 e. The molecule has 11 heteroatoms. The molecule has 0 saturated carbocycles. The fourth-order valence-corrected chi connectivity index (χ4v) is 6.26. The van der Waals surface area contributed by atoms with Gasteiger partial charge in [-0.1, -0.05) is 47.6 Å². The number of hydrogen-bond donors (Lipinski definition) is 1. The van der Waals surface area contributed by atoms with E-state index in [2.05, 4.69) is 20.2 Å². The summed E-state index contributed by atoms with van der Waals surface area (Å²) in [6, 6.07) is 15.6. The first-order chi connectivity index (χ1) is 17.5. The fraction of sp³-hybridized carbons (Fsp3) is 0.160. The Morgan fingerprint density at radius 1 is 1.08 bits per heavy atom. The van der Waals surface area contributed by atoms with E-state index in [1.807, 2.05) is 71.5 Å². The summed E-state index contributed by atoms with van der Waals surface area (Å²) in [5.41, 5.74) is 3.58. The van der Waals surface area contributed by atoms with E-state index in [-0.39, 0.29) is 5.56 Å². The van der Waals surface area contributed by atoms with Crippen molar-refractivity contribution in [1.82, 2.24) is 34.3 Å². The average molecular weight is 534 g/mol. The number of aromatic amines is 1. The number of para-hydroxylation sites is 3. The SMILES string of the molecule is Cc1sc2nc(CSc3nnc(Cn4cnc5ccccc54)n3-c3ccccc3Cl)[nH]c(=O)c2c1C. The molecule has 0 saturated heterocycles. The lowest BCUT2D eigenvalue weighted by molar-refractivity contribution is 0.731. The number of nitrogens with zero attached hydrogens (tertiary/aromatic N) is 6. The number of aryl methyl sites for hydroxylation is 2. The zero-order chi connectivity index (χ0) is 24.8. The van der Waals surface area contributed by atoms with Gasteiger partial charge in [-0.25, -0.2) is 9.97 Å². The maximum absolute atomic E-state index is 12.7. The monoisotopic (exact) mass is 533 g/mol. The summed E-state index contributed by atoms with van der Waals surface area (Å²) < 4.78 is 3.99. The topological polar surface area (TPSA) is 94.3 Å². The van der Waals surface area contributed by atoms with Crippen LogP contribution in [0.4, 0.5) is 0 Å². The van der Waals surface area contributed by atoms with Crippen LogP contribution in [0.2, 0.25) is 5.02 Å². The zero-order valence-electron chi connectivity index (χ0n) is 19.4. The normalized spacial score (nSPS) is 11.6. The molecule has 4 aromatic heterocycles. The third-order valence-corrected chi connectivity index (χ3v) is 8.42. The van der Waals surface area contributed by atoms with Crippen LogP contribution in [0.1, 0.15) is 22.1 Å². The lowest BCUT2D eigenvalue weighted by atomic mass is 10.2. The molecular weight excluding hydrogens is 514 g/mol. The quantitative estimate of drug-likeness (QED) is 0.283. The molecule has 0 amide bonds. The standard InChI is InChI=1S/C25H20ClN7OS2/c1-14-15(2)36-24-22(14)23(34)28-20(29-24)12-35-25-31-30-21(33(25)18-9-5-3-7-16(18)26)11-32-13-27-17-8-4-6-10-19(17)32/h3-10,13H,11-12H2,1-2H3,(H,28,29,34). The van der Waals surface area contributed by atoms with E-state index in [0.717, 1.165) is 37.8 Å². The van der Waals surface area contributed by atoms with Gasteiger partial charge in [0.25, 0.3) is 5.56 Å². The molecule has 0 radical (unpaired) electrons. The molecular formula is C25H20ClN7OS2. The van der Waals surface area contributed by atoms with Crippen molar-refractivity contribution < 1.29 is 0 Å². The van der Waals surface area contributed by atoms with Gasteiger partial charge < -0.3 is 9.55 Å². The van der Waals surface area contributed by atoms with E-state index in [9.17, 15) is 4.79 Å². The highest BCUT2D eigenvalue weighted by molar-refractivity contribution is 7.98. The number of nitrogens with one attached hydrogen (secondary N) is 1. The summed E-state index contributed by atoms with van der Waals surface area (Å²) in [5.74, 6) is 1.74. The Kier molecular flexibility index (Phi) is 5.87. The van der Waals surface area contributed by atoms with Crippen LogP contribution in [0.15, 0.2) is 64.8 Å². The molecule has 1 N–H and O–H groups in total. The van der Waals surface area contributed by atoms with Crippen molar-refractivity contribution in [2.24, 2.45) is 0 Å². The number of hydrogen-bond acceptors (Lipinski definition) is 7. The van der Waals surface area contributed by atoms with Crippen molar-refractivity contribution >= 4 is 55.9 Å².